The number of aliphatic hydroxyl groups excluding tert-OH is 2. The van der Waals surface area contributed by atoms with Gasteiger partial charge in [0.2, 0.25) is 11.2 Å². The molecule has 1 heterocycles. The summed E-state index contributed by atoms with van der Waals surface area (Å²) in [6, 6.07) is 11.0. The summed E-state index contributed by atoms with van der Waals surface area (Å²) in [5.74, 6) is 0.595. The highest BCUT2D eigenvalue weighted by Gasteiger charge is 2.16. The quantitative estimate of drug-likeness (QED) is 0.382. The Morgan fingerprint density at radius 3 is 2.19 bits per heavy atom. The molecule has 1 aromatic heterocycles. The van der Waals surface area contributed by atoms with Crippen molar-refractivity contribution in [3.8, 4) is 11.5 Å². The van der Waals surface area contributed by atoms with Gasteiger partial charge < -0.3 is 24.7 Å². The van der Waals surface area contributed by atoms with Crippen LogP contribution in [0.15, 0.2) is 41.2 Å². The number of fused-ring (bicyclic) bond motifs is 4. The van der Waals surface area contributed by atoms with Crippen molar-refractivity contribution < 1.29 is 19.7 Å². The Balaban J connectivity index is 2.13. The number of nitrogens with one attached hydrogen (secondary N) is 1. The first-order valence-electron chi connectivity index (χ1n) is 8.49. The molecule has 0 saturated heterocycles. The summed E-state index contributed by atoms with van der Waals surface area (Å²) in [4.78, 5) is 15.8. The van der Waals surface area contributed by atoms with Crippen LogP contribution in [0.4, 0.5) is 0 Å². The fourth-order valence-corrected chi connectivity index (χ4v) is 3.61. The third-order valence-corrected chi connectivity index (χ3v) is 4.93. The van der Waals surface area contributed by atoms with Gasteiger partial charge in [0.1, 0.15) is 0 Å². The fraction of sp³-hybridized carbons (Fsp3) is 0.190. The summed E-state index contributed by atoms with van der Waals surface area (Å²) >= 11 is 0. The number of rotatable bonds is 4. The van der Waals surface area contributed by atoms with Crippen molar-refractivity contribution in [3.63, 3.8) is 0 Å². The van der Waals surface area contributed by atoms with Crippen LogP contribution >= 0.6 is 0 Å². The van der Waals surface area contributed by atoms with E-state index in [1.54, 1.807) is 6.07 Å². The molecule has 0 unspecified atom stereocenters. The molecule has 27 heavy (non-hydrogen) atoms. The molecule has 4 rings (SSSR count). The van der Waals surface area contributed by atoms with E-state index in [0.717, 1.165) is 32.6 Å². The standard InChI is InChI=1S/C21H19NO5/c1-26-20-14-3-4-17-16(15(14)8-19(25)21(20)27-2)6-11-5-12(9-23)13(10-24)7-18(11)22-17/h3-8,22-24H,9-10H2,1-2H3. The fourth-order valence-electron chi connectivity index (χ4n) is 3.61. The van der Waals surface area contributed by atoms with Gasteiger partial charge in [-0.25, -0.2) is 0 Å². The molecule has 0 atom stereocenters. The number of ether oxygens (including phenoxy) is 2. The largest absolute Gasteiger partial charge is 0.492 e. The molecule has 0 bridgehead atoms. The second-order valence-electron chi connectivity index (χ2n) is 6.36. The minimum absolute atomic E-state index is 0.147. The molecule has 0 saturated carbocycles. The molecule has 0 radical (unpaired) electrons. The number of hydrogen-bond donors (Lipinski definition) is 3. The lowest BCUT2D eigenvalue weighted by molar-refractivity contribution is 0.260. The molecule has 3 aromatic carbocycles. The number of benzene rings is 3. The number of aromatic amines is 1. The van der Waals surface area contributed by atoms with Crippen LogP contribution < -0.4 is 14.9 Å². The van der Waals surface area contributed by atoms with Crippen LogP contribution in [0.2, 0.25) is 0 Å². The van der Waals surface area contributed by atoms with Gasteiger partial charge in [0.15, 0.2) is 5.75 Å². The zero-order valence-electron chi connectivity index (χ0n) is 15.0. The maximum Gasteiger partial charge on any atom is 0.224 e. The Morgan fingerprint density at radius 1 is 0.815 bits per heavy atom. The molecule has 0 aliphatic carbocycles. The lowest BCUT2D eigenvalue weighted by atomic mass is 9.99. The van der Waals surface area contributed by atoms with E-state index >= 15 is 0 Å². The van der Waals surface area contributed by atoms with E-state index in [9.17, 15) is 15.0 Å². The van der Waals surface area contributed by atoms with Crippen LogP contribution in [0.5, 0.6) is 11.5 Å². The van der Waals surface area contributed by atoms with Gasteiger partial charge in [-0.2, -0.15) is 0 Å². The van der Waals surface area contributed by atoms with E-state index in [1.165, 1.54) is 14.2 Å². The summed E-state index contributed by atoms with van der Waals surface area (Å²) in [5.41, 5.74) is 2.78. The van der Waals surface area contributed by atoms with Crippen LogP contribution in [0, 0.1) is 0 Å². The first kappa shape index (κ1) is 17.3. The number of hydrogen-bond acceptors (Lipinski definition) is 5. The molecule has 0 aliphatic rings. The van der Waals surface area contributed by atoms with E-state index in [-0.39, 0.29) is 24.4 Å². The highest BCUT2D eigenvalue weighted by atomic mass is 16.5. The molecule has 4 aromatic rings. The predicted molar refractivity (Wildman–Crippen MR) is 105 cm³/mol. The Hall–Kier alpha value is -3.09. The number of methoxy groups -OCH3 is 2. The highest BCUT2D eigenvalue weighted by Crippen LogP contribution is 2.36. The molecule has 6 nitrogen and oxygen atoms in total. The van der Waals surface area contributed by atoms with Gasteiger partial charge in [-0.15, -0.1) is 0 Å². The van der Waals surface area contributed by atoms with Gasteiger partial charge in [0.25, 0.3) is 0 Å². The normalized spacial score (nSPS) is 11.4. The molecule has 6 heteroatoms. The van der Waals surface area contributed by atoms with Crippen LogP contribution in [0.25, 0.3) is 32.6 Å². The van der Waals surface area contributed by atoms with Crippen LogP contribution in [-0.2, 0) is 13.2 Å². The van der Waals surface area contributed by atoms with E-state index in [1.807, 2.05) is 30.3 Å². The molecular formula is C21H19NO5. The monoisotopic (exact) mass is 365 g/mol. The van der Waals surface area contributed by atoms with Crippen molar-refractivity contribution in [2.75, 3.05) is 14.2 Å². The van der Waals surface area contributed by atoms with Crippen molar-refractivity contribution >= 4 is 32.6 Å². The zero-order chi connectivity index (χ0) is 19.1. The Kier molecular flexibility index (Phi) is 4.22. The smallest absolute Gasteiger partial charge is 0.224 e. The van der Waals surface area contributed by atoms with Gasteiger partial charge in [0.05, 0.1) is 27.4 Å². The van der Waals surface area contributed by atoms with E-state index in [2.05, 4.69) is 4.98 Å². The Labute approximate surface area is 154 Å². The Morgan fingerprint density at radius 2 is 1.52 bits per heavy atom. The SMILES string of the molecule is COc1c(OC)c2ccc3[nH]c4cc(CO)c(CO)cc4cc3c2cc1=O. The predicted octanol–water partition coefficient (Wildman–Crippen LogP) is 2.84. The van der Waals surface area contributed by atoms with Crippen molar-refractivity contribution in [2.45, 2.75) is 13.2 Å². The van der Waals surface area contributed by atoms with E-state index in [0.29, 0.717) is 16.9 Å². The number of aromatic nitrogens is 1. The first-order chi connectivity index (χ1) is 13.1. The van der Waals surface area contributed by atoms with Crippen molar-refractivity contribution in [2.24, 2.45) is 0 Å². The number of aliphatic hydroxyl groups is 2. The lowest BCUT2D eigenvalue weighted by Gasteiger charge is -2.13. The van der Waals surface area contributed by atoms with Crippen molar-refractivity contribution in [3.05, 3.63) is 57.7 Å². The third kappa shape index (κ3) is 2.61. The second-order valence-corrected chi connectivity index (χ2v) is 6.36. The summed E-state index contributed by atoms with van der Waals surface area (Å²) in [6.07, 6.45) is 0. The molecule has 138 valence electrons. The van der Waals surface area contributed by atoms with Crippen molar-refractivity contribution in [1.82, 2.24) is 4.98 Å². The molecular weight excluding hydrogens is 346 g/mol. The summed E-state index contributed by atoms with van der Waals surface area (Å²) in [7, 11) is 2.96. The zero-order valence-corrected chi connectivity index (χ0v) is 15.0. The molecule has 3 N–H and O–H groups in total. The van der Waals surface area contributed by atoms with Crippen LogP contribution in [0.1, 0.15) is 11.1 Å². The minimum Gasteiger partial charge on any atom is -0.492 e. The van der Waals surface area contributed by atoms with Crippen LogP contribution in [-0.4, -0.2) is 29.4 Å². The summed E-state index contributed by atoms with van der Waals surface area (Å²) in [5, 5.41) is 22.3. The van der Waals surface area contributed by atoms with Gasteiger partial charge in [-0.05, 0) is 58.3 Å². The first-order valence-corrected chi connectivity index (χ1v) is 8.49. The van der Waals surface area contributed by atoms with E-state index in [4.69, 9.17) is 9.47 Å². The van der Waals surface area contributed by atoms with E-state index < -0.39 is 0 Å². The molecule has 0 aliphatic heterocycles. The average molecular weight is 365 g/mol. The minimum atomic E-state index is -0.249. The molecule has 0 fully saturated rings. The van der Waals surface area contributed by atoms with Gasteiger partial charge in [-0.1, -0.05) is 0 Å². The maximum atomic E-state index is 12.5. The highest BCUT2D eigenvalue weighted by molar-refractivity contribution is 6.11. The lowest BCUT2D eigenvalue weighted by Crippen LogP contribution is -2.06. The average Bonchev–Trinajstić information content (AvgIpc) is 2.70. The maximum absolute atomic E-state index is 12.5. The Bertz CT molecular complexity index is 1240. The third-order valence-electron chi connectivity index (χ3n) is 4.93. The number of pyridine rings is 1. The second kappa shape index (κ2) is 6.57. The van der Waals surface area contributed by atoms with Gasteiger partial charge >= 0.3 is 0 Å². The molecule has 0 amide bonds. The van der Waals surface area contributed by atoms with Crippen LogP contribution in [0.3, 0.4) is 0 Å². The van der Waals surface area contributed by atoms with Gasteiger partial charge in [-0.3, -0.25) is 4.79 Å². The summed E-state index contributed by atoms with van der Waals surface area (Å²) in [6.45, 7) is -0.304. The van der Waals surface area contributed by atoms with Crippen molar-refractivity contribution in [1.29, 1.82) is 0 Å². The van der Waals surface area contributed by atoms with Gasteiger partial charge in [0, 0.05) is 21.8 Å². The summed E-state index contributed by atoms with van der Waals surface area (Å²) < 4.78 is 10.7. The number of H-pyrrole nitrogens is 1. The molecule has 0 spiro atoms. The topological polar surface area (TPSA) is 91.8 Å².